The Bertz CT molecular complexity index is 1080. The molecule has 0 bridgehead atoms. The first-order valence-corrected chi connectivity index (χ1v) is 12.2. The van der Waals surface area contributed by atoms with Crippen LogP contribution in [0.25, 0.3) is 9.95 Å². The SMILES string of the molecule is CC1(C)Cc2cccc([N+]#N)c2S1.CC1(C)Cc2cccc([N+]#N)c2S1.O=S(=O)([O-])[O-]. The molecule has 2 aliphatic rings. The standard InChI is InChI=1S/2C10H11N2S.H2O4S/c2*1-10(2)6-7-4-3-5-8(12-11)9(7)13-10;1-5(2,3)4/h2*3-5H,6H2,1-2H3;(H2,1,2,3,4)/q2*+1;/p-2. The van der Waals surface area contributed by atoms with E-state index in [1.54, 1.807) is 23.5 Å². The van der Waals surface area contributed by atoms with Gasteiger partial charge in [0.2, 0.25) is 10.8 Å². The lowest BCUT2D eigenvalue weighted by Gasteiger charge is -2.13. The molecule has 0 N–H and O–H groups in total. The summed E-state index contributed by atoms with van der Waals surface area (Å²) in [5.41, 5.74) is 4.00. The van der Waals surface area contributed by atoms with Gasteiger partial charge in [-0.25, -0.2) is 0 Å². The molecule has 11 heteroatoms. The summed E-state index contributed by atoms with van der Waals surface area (Å²) in [6, 6.07) is 11.8. The van der Waals surface area contributed by atoms with Gasteiger partial charge in [0.05, 0.1) is 0 Å². The molecule has 0 saturated carbocycles. The zero-order valence-electron chi connectivity index (χ0n) is 17.5. The number of fused-ring (bicyclic) bond motifs is 2. The largest absolute Gasteiger partial charge is 0.759 e. The molecule has 4 rings (SSSR count). The van der Waals surface area contributed by atoms with E-state index < -0.39 is 10.4 Å². The second-order valence-corrected chi connectivity index (χ2v) is 12.5. The fraction of sp³-hybridized carbons (Fsp3) is 0.400. The van der Waals surface area contributed by atoms with Crippen molar-refractivity contribution in [3.63, 3.8) is 0 Å². The van der Waals surface area contributed by atoms with E-state index in [-0.39, 0.29) is 9.49 Å². The Kier molecular flexibility index (Phi) is 7.74. The molecular weight excluding hydrogens is 456 g/mol. The molecule has 2 heterocycles. The van der Waals surface area contributed by atoms with Gasteiger partial charge < -0.3 is 9.11 Å². The van der Waals surface area contributed by atoms with Crippen LogP contribution in [-0.4, -0.2) is 27.0 Å². The fourth-order valence-corrected chi connectivity index (χ4v) is 5.89. The van der Waals surface area contributed by atoms with Crippen LogP contribution in [0.5, 0.6) is 0 Å². The molecule has 2 aliphatic heterocycles. The van der Waals surface area contributed by atoms with Gasteiger partial charge in [-0.15, -0.1) is 23.5 Å². The molecule has 0 spiro atoms. The molecule has 0 saturated heterocycles. The number of rotatable bonds is 0. The minimum absolute atomic E-state index is 0.239. The number of nitrogens with zero attached hydrogens (tertiary/aromatic N) is 4. The van der Waals surface area contributed by atoms with Gasteiger partial charge in [-0.05, 0) is 24.0 Å². The Hall–Kier alpha value is -2.15. The third kappa shape index (κ3) is 7.49. The van der Waals surface area contributed by atoms with E-state index in [0.717, 1.165) is 22.6 Å². The van der Waals surface area contributed by atoms with Gasteiger partial charge in [0.15, 0.2) is 9.95 Å². The number of hydrogen-bond donors (Lipinski definition) is 0. The Labute approximate surface area is 190 Å². The van der Waals surface area contributed by atoms with Crippen molar-refractivity contribution in [1.82, 2.24) is 0 Å². The van der Waals surface area contributed by atoms with Crippen molar-refractivity contribution >= 4 is 45.3 Å². The molecule has 0 unspecified atom stereocenters. The van der Waals surface area contributed by atoms with Crippen LogP contribution in [0.1, 0.15) is 38.8 Å². The summed E-state index contributed by atoms with van der Waals surface area (Å²) < 4.78 is 34.6. The third-order valence-corrected chi connectivity index (χ3v) is 7.10. The average molecular weight is 479 g/mol. The van der Waals surface area contributed by atoms with Crippen LogP contribution in [0.15, 0.2) is 46.2 Å². The maximum atomic E-state index is 8.78. The average Bonchev–Trinajstić information content (AvgIpc) is 3.12. The highest BCUT2D eigenvalue weighted by molar-refractivity contribution is 8.01. The normalized spacial score (nSPS) is 16.9. The highest BCUT2D eigenvalue weighted by Gasteiger charge is 2.35. The summed E-state index contributed by atoms with van der Waals surface area (Å²) in [4.78, 5) is 8.84. The van der Waals surface area contributed by atoms with Crippen molar-refractivity contribution in [2.24, 2.45) is 0 Å². The van der Waals surface area contributed by atoms with Gasteiger partial charge >= 0.3 is 11.4 Å². The van der Waals surface area contributed by atoms with E-state index in [2.05, 4.69) is 49.8 Å². The molecule has 31 heavy (non-hydrogen) atoms. The Morgan fingerprint density at radius 3 is 1.42 bits per heavy atom. The van der Waals surface area contributed by atoms with Gasteiger partial charge in [-0.1, -0.05) is 52.0 Å². The molecule has 0 radical (unpaired) electrons. The predicted octanol–water partition coefficient (Wildman–Crippen LogP) is 5.86. The van der Waals surface area contributed by atoms with Crippen LogP contribution in [0.2, 0.25) is 0 Å². The summed E-state index contributed by atoms with van der Waals surface area (Å²) in [6.07, 6.45) is 2.10. The number of thioether (sulfide) groups is 2. The van der Waals surface area contributed by atoms with E-state index in [9.17, 15) is 0 Å². The van der Waals surface area contributed by atoms with Crippen molar-refractivity contribution in [3.8, 4) is 0 Å². The molecular formula is C20H22N4O4S3. The second kappa shape index (κ2) is 9.55. The number of benzene rings is 2. The van der Waals surface area contributed by atoms with Crippen molar-refractivity contribution in [1.29, 1.82) is 10.8 Å². The number of hydrogen-bond acceptors (Lipinski definition) is 8. The summed E-state index contributed by atoms with van der Waals surface area (Å²) in [5.74, 6) is 0. The van der Waals surface area contributed by atoms with Crippen LogP contribution in [0.3, 0.4) is 0 Å². The minimum atomic E-state index is -5.17. The third-order valence-electron chi connectivity index (χ3n) is 4.36. The van der Waals surface area contributed by atoms with E-state index in [1.165, 1.54) is 11.1 Å². The molecule has 164 valence electrons. The lowest BCUT2D eigenvalue weighted by molar-refractivity contribution is 0.352. The summed E-state index contributed by atoms with van der Waals surface area (Å²) in [5, 5.41) is 17.6. The first kappa shape index (κ1) is 25.1. The molecule has 0 atom stereocenters. The van der Waals surface area contributed by atoms with E-state index in [1.807, 2.05) is 24.3 Å². The molecule has 0 aliphatic carbocycles. The van der Waals surface area contributed by atoms with E-state index >= 15 is 0 Å². The smallest absolute Gasteiger partial charge is 0.398 e. The first-order chi connectivity index (χ1) is 14.2. The summed E-state index contributed by atoms with van der Waals surface area (Å²) in [7, 11) is -5.17. The zero-order valence-corrected chi connectivity index (χ0v) is 20.0. The molecule has 2 aromatic rings. The molecule has 2 aromatic carbocycles. The van der Waals surface area contributed by atoms with E-state index in [0.29, 0.717) is 11.4 Å². The summed E-state index contributed by atoms with van der Waals surface area (Å²) >= 11 is 3.58. The topological polar surface area (TPSA) is 137 Å². The molecule has 0 fully saturated rings. The lowest BCUT2D eigenvalue weighted by Crippen LogP contribution is -2.11. The Morgan fingerprint density at radius 1 is 0.806 bits per heavy atom. The molecule has 0 amide bonds. The van der Waals surface area contributed by atoms with E-state index in [4.69, 9.17) is 28.3 Å². The number of diazo groups is 2. The van der Waals surface area contributed by atoms with Crippen LogP contribution >= 0.6 is 23.5 Å². The highest BCUT2D eigenvalue weighted by Crippen LogP contribution is 2.49. The van der Waals surface area contributed by atoms with Gasteiger partial charge in [0.25, 0.3) is 0 Å². The minimum Gasteiger partial charge on any atom is -0.759 e. The highest BCUT2D eigenvalue weighted by atomic mass is 32.3. The molecule has 0 aromatic heterocycles. The summed E-state index contributed by atoms with van der Waals surface area (Å²) in [6.45, 7) is 8.83. The van der Waals surface area contributed by atoms with Crippen molar-refractivity contribution in [2.45, 2.75) is 59.8 Å². The van der Waals surface area contributed by atoms with Gasteiger partial charge in [0, 0.05) is 32.0 Å². The van der Waals surface area contributed by atoms with Crippen LogP contribution in [-0.2, 0) is 23.2 Å². The Morgan fingerprint density at radius 2 is 1.13 bits per heavy atom. The van der Waals surface area contributed by atoms with Crippen LogP contribution < -0.4 is 0 Å². The van der Waals surface area contributed by atoms with Crippen molar-refractivity contribution in [2.75, 3.05) is 0 Å². The van der Waals surface area contributed by atoms with Crippen molar-refractivity contribution in [3.05, 3.63) is 57.5 Å². The van der Waals surface area contributed by atoms with Crippen LogP contribution in [0, 0.1) is 10.8 Å². The van der Waals surface area contributed by atoms with Crippen LogP contribution in [0.4, 0.5) is 11.4 Å². The second-order valence-electron chi connectivity index (χ2n) is 8.22. The van der Waals surface area contributed by atoms with Crippen molar-refractivity contribution < 1.29 is 17.5 Å². The zero-order chi connectivity index (χ0) is 23.4. The molecule has 8 nitrogen and oxygen atoms in total. The quantitative estimate of drug-likeness (QED) is 0.261. The predicted molar refractivity (Wildman–Crippen MR) is 120 cm³/mol. The maximum Gasteiger partial charge on any atom is 0.398 e. The monoisotopic (exact) mass is 478 g/mol. The first-order valence-electron chi connectivity index (χ1n) is 9.23. The maximum absolute atomic E-state index is 8.78. The lowest BCUT2D eigenvalue weighted by atomic mass is 10.0. The van der Waals surface area contributed by atoms with Gasteiger partial charge in [0.1, 0.15) is 9.79 Å². The fourth-order valence-electron chi connectivity index (χ4n) is 3.36. The van der Waals surface area contributed by atoms with Gasteiger partial charge in [-0.3, -0.25) is 8.42 Å². The Balaban J connectivity index is 0.000000182. The van der Waals surface area contributed by atoms with Gasteiger partial charge in [-0.2, -0.15) is 0 Å².